The van der Waals surface area contributed by atoms with Crippen molar-refractivity contribution in [3.8, 4) is 6.07 Å². The summed E-state index contributed by atoms with van der Waals surface area (Å²) in [4.78, 5) is 17.3. The monoisotopic (exact) mass is 203 g/mol. The van der Waals surface area contributed by atoms with Gasteiger partial charge in [-0.25, -0.2) is 4.98 Å². The molecule has 4 nitrogen and oxygen atoms in total. The van der Waals surface area contributed by atoms with Crippen molar-refractivity contribution in [1.29, 1.82) is 5.26 Å². The fourth-order valence-electron chi connectivity index (χ4n) is 1.22. The molecule has 0 aliphatic heterocycles. The van der Waals surface area contributed by atoms with Crippen LogP contribution in [0.5, 0.6) is 0 Å². The average molecular weight is 203 g/mol. The number of aromatic nitrogens is 1. The third-order valence-corrected chi connectivity index (χ3v) is 2.02. The Morgan fingerprint density at radius 1 is 1.60 bits per heavy atom. The molecule has 0 atom stereocenters. The Labute approximate surface area is 89.2 Å². The molecule has 0 fully saturated rings. The van der Waals surface area contributed by atoms with Crippen molar-refractivity contribution in [3.63, 3.8) is 0 Å². The van der Waals surface area contributed by atoms with E-state index in [4.69, 9.17) is 5.26 Å². The zero-order valence-corrected chi connectivity index (χ0v) is 8.90. The van der Waals surface area contributed by atoms with Crippen LogP contribution in [0.15, 0.2) is 18.3 Å². The summed E-state index contributed by atoms with van der Waals surface area (Å²) in [6, 6.07) is 5.13. The van der Waals surface area contributed by atoms with Crippen molar-refractivity contribution in [2.24, 2.45) is 0 Å². The molecule has 1 amide bonds. The van der Waals surface area contributed by atoms with Gasteiger partial charge in [0.15, 0.2) is 0 Å². The van der Waals surface area contributed by atoms with Gasteiger partial charge in [-0.2, -0.15) is 5.26 Å². The number of rotatable bonds is 3. The van der Waals surface area contributed by atoms with Gasteiger partial charge in [-0.15, -0.1) is 0 Å². The van der Waals surface area contributed by atoms with Gasteiger partial charge >= 0.3 is 0 Å². The molecule has 0 aliphatic rings. The van der Waals surface area contributed by atoms with Gasteiger partial charge in [-0.1, -0.05) is 6.92 Å². The van der Waals surface area contributed by atoms with Gasteiger partial charge < -0.3 is 4.90 Å². The predicted molar refractivity (Wildman–Crippen MR) is 56.2 cm³/mol. The molecule has 0 radical (unpaired) electrons. The second-order valence-corrected chi connectivity index (χ2v) is 3.27. The van der Waals surface area contributed by atoms with Crippen LogP contribution in [0.1, 0.15) is 29.4 Å². The number of hydrogen-bond donors (Lipinski definition) is 0. The standard InChI is InChI=1S/C11H13N3O/c1-3-6-14(2)11(15)10-5-4-9(7-12)8-13-10/h4-5,8H,3,6H2,1-2H3. The topological polar surface area (TPSA) is 57.0 Å². The van der Waals surface area contributed by atoms with Crippen LogP contribution in [0.2, 0.25) is 0 Å². The van der Waals surface area contributed by atoms with Crippen molar-refractivity contribution >= 4 is 5.91 Å². The van der Waals surface area contributed by atoms with Gasteiger partial charge in [0, 0.05) is 19.8 Å². The van der Waals surface area contributed by atoms with Crippen molar-refractivity contribution in [1.82, 2.24) is 9.88 Å². The largest absolute Gasteiger partial charge is 0.340 e. The second kappa shape index (κ2) is 5.11. The van der Waals surface area contributed by atoms with E-state index in [1.807, 2.05) is 13.0 Å². The second-order valence-electron chi connectivity index (χ2n) is 3.27. The molecule has 1 aromatic heterocycles. The molecule has 0 unspecified atom stereocenters. The highest BCUT2D eigenvalue weighted by Gasteiger charge is 2.11. The summed E-state index contributed by atoms with van der Waals surface area (Å²) >= 11 is 0. The highest BCUT2D eigenvalue weighted by Crippen LogP contribution is 2.02. The van der Waals surface area contributed by atoms with E-state index in [9.17, 15) is 4.79 Å². The third-order valence-electron chi connectivity index (χ3n) is 2.02. The lowest BCUT2D eigenvalue weighted by Gasteiger charge is -2.14. The smallest absolute Gasteiger partial charge is 0.272 e. The molecule has 1 heterocycles. The van der Waals surface area contributed by atoms with E-state index in [1.165, 1.54) is 6.20 Å². The predicted octanol–water partition coefficient (Wildman–Crippen LogP) is 1.44. The molecule has 0 saturated carbocycles. The molecule has 15 heavy (non-hydrogen) atoms. The number of hydrogen-bond acceptors (Lipinski definition) is 3. The minimum Gasteiger partial charge on any atom is -0.340 e. The van der Waals surface area contributed by atoms with Gasteiger partial charge in [0.1, 0.15) is 11.8 Å². The van der Waals surface area contributed by atoms with E-state index >= 15 is 0 Å². The molecule has 0 N–H and O–H groups in total. The molecular formula is C11H13N3O. The van der Waals surface area contributed by atoms with E-state index in [0.717, 1.165) is 6.42 Å². The van der Waals surface area contributed by atoms with Crippen molar-refractivity contribution in [2.45, 2.75) is 13.3 Å². The summed E-state index contributed by atoms with van der Waals surface area (Å²) in [6.45, 7) is 2.72. The van der Waals surface area contributed by atoms with Gasteiger partial charge in [0.25, 0.3) is 5.91 Å². The van der Waals surface area contributed by atoms with Crippen LogP contribution < -0.4 is 0 Å². The maximum Gasteiger partial charge on any atom is 0.272 e. The lowest BCUT2D eigenvalue weighted by Crippen LogP contribution is -2.28. The molecule has 0 spiro atoms. The van der Waals surface area contributed by atoms with Crippen LogP contribution in [0.3, 0.4) is 0 Å². The number of pyridine rings is 1. The quantitative estimate of drug-likeness (QED) is 0.746. The van der Waals surface area contributed by atoms with E-state index in [2.05, 4.69) is 4.98 Å². The lowest BCUT2D eigenvalue weighted by molar-refractivity contribution is 0.0789. The van der Waals surface area contributed by atoms with Crippen LogP contribution in [0.25, 0.3) is 0 Å². The van der Waals surface area contributed by atoms with E-state index in [0.29, 0.717) is 17.8 Å². The number of nitriles is 1. The summed E-state index contributed by atoms with van der Waals surface area (Å²) in [5, 5.41) is 8.58. The van der Waals surface area contributed by atoms with Gasteiger partial charge in [-0.3, -0.25) is 4.79 Å². The first-order chi connectivity index (χ1) is 7.19. The zero-order chi connectivity index (χ0) is 11.3. The summed E-state index contributed by atoms with van der Waals surface area (Å²) in [6.07, 6.45) is 2.32. The molecule has 0 aromatic carbocycles. The maximum atomic E-state index is 11.7. The van der Waals surface area contributed by atoms with Gasteiger partial charge in [0.2, 0.25) is 0 Å². The minimum atomic E-state index is -0.110. The normalized spacial score (nSPS) is 9.40. The van der Waals surface area contributed by atoms with Crippen LogP contribution in [-0.4, -0.2) is 29.4 Å². The van der Waals surface area contributed by atoms with E-state index in [-0.39, 0.29) is 5.91 Å². The summed E-state index contributed by atoms with van der Waals surface area (Å²) in [5.74, 6) is -0.110. The third kappa shape index (κ3) is 2.78. The number of carbonyl (C=O) groups excluding carboxylic acids is 1. The number of amides is 1. The molecule has 0 bridgehead atoms. The highest BCUT2D eigenvalue weighted by molar-refractivity contribution is 5.92. The first-order valence-corrected chi connectivity index (χ1v) is 4.80. The van der Waals surface area contributed by atoms with E-state index < -0.39 is 0 Å². The Bertz CT molecular complexity index is 378. The summed E-state index contributed by atoms with van der Waals surface area (Å²) in [7, 11) is 1.74. The molecule has 1 aromatic rings. The maximum absolute atomic E-state index is 11.7. The first kappa shape index (κ1) is 11.2. The minimum absolute atomic E-state index is 0.110. The van der Waals surface area contributed by atoms with Gasteiger partial charge in [-0.05, 0) is 18.6 Å². The number of nitrogens with zero attached hydrogens (tertiary/aromatic N) is 3. The van der Waals surface area contributed by atoms with Crippen LogP contribution in [0, 0.1) is 11.3 Å². The number of carbonyl (C=O) groups is 1. The van der Waals surface area contributed by atoms with Crippen molar-refractivity contribution in [3.05, 3.63) is 29.6 Å². The van der Waals surface area contributed by atoms with Crippen LogP contribution in [0.4, 0.5) is 0 Å². The fraction of sp³-hybridized carbons (Fsp3) is 0.364. The fourth-order valence-corrected chi connectivity index (χ4v) is 1.22. The first-order valence-electron chi connectivity index (χ1n) is 4.80. The Kier molecular flexibility index (Phi) is 3.81. The van der Waals surface area contributed by atoms with Crippen molar-refractivity contribution in [2.75, 3.05) is 13.6 Å². The highest BCUT2D eigenvalue weighted by atomic mass is 16.2. The molecule has 0 saturated heterocycles. The SMILES string of the molecule is CCCN(C)C(=O)c1ccc(C#N)cn1. The Balaban J connectivity index is 2.79. The molecule has 1 rings (SSSR count). The summed E-state index contributed by atoms with van der Waals surface area (Å²) in [5.41, 5.74) is 0.842. The van der Waals surface area contributed by atoms with Crippen LogP contribution >= 0.6 is 0 Å². The van der Waals surface area contributed by atoms with Gasteiger partial charge in [0.05, 0.1) is 5.56 Å². The lowest BCUT2D eigenvalue weighted by atomic mass is 10.2. The van der Waals surface area contributed by atoms with Crippen molar-refractivity contribution < 1.29 is 4.79 Å². The average Bonchev–Trinajstić information content (AvgIpc) is 2.28. The van der Waals surface area contributed by atoms with Crippen LogP contribution in [-0.2, 0) is 0 Å². The molecular weight excluding hydrogens is 190 g/mol. The molecule has 4 heteroatoms. The Morgan fingerprint density at radius 2 is 2.33 bits per heavy atom. The Hall–Kier alpha value is -1.89. The molecule has 0 aliphatic carbocycles. The molecule has 78 valence electrons. The van der Waals surface area contributed by atoms with E-state index in [1.54, 1.807) is 24.1 Å². The Morgan fingerprint density at radius 3 is 2.80 bits per heavy atom. The zero-order valence-electron chi connectivity index (χ0n) is 8.90. The summed E-state index contributed by atoms with van der Waals surface area (Å²) < 4.78 is 0.